The Bertz CT molecular complexity index is 1240. The second kappa shape index (κ2) is 11.8. The highest BCUT2D eigenvalue weighted by atomic mass is 79.9. The van der Waals surface area contributed by atoms with E-state index in [1.165, 1.54) is 6.21 Å². The van der Waals surface area contributed by atoms with Crippen molar-refractivity contribution >= 4 is 55.6 Å². The van der Waals surface area contributed by atoms with Crippen molar-refractivity contribution in [2.75, 3.05) is 12.4 Å². The number of benzene rings is 3. The lowest BCUT2D eigenvalue weighted by Crippen LogP contribution is -2.32. The SMILES string of the molecule is COc1cc(C=NNC(=O)C(=O)Nc2ccc(Br)cc2C)cc(Br)c1OCc1ccccc1C. The molecule has 0 aliphatic rings. The van der Waals surface area contributed by atoms with Crippen LogP contribution in [0, 0.1) is 13.8 Å². The number of halogens is 2. The average molecular weight is 589 g/mol. The molecule has 0 bridgehead atoms. The highest BCUT2D eigenvalue weighted by Crippen LogP contribution is 2.37. The molecule has 0 radical (unpaired) electrons. The van der Waals surface area contributed by atoms with Crippen LogP contribution in [0.15, 0.2) is 68.6 Å². The molecule has 0 atom stereocenters. The Morgan fingerprint density at radius 3 is 2.47 bits per heavy atom. The topological polar surface area (TPSA) is 89.0 Å². The van der Waals surface area contributed by atoms with Crippen molar-refractivity contribution in [3.63, 3.8) is 0 Å². The molecule has 0 aliphatic heterocycles. The molecule has 0 spiro atoms. The molecule has 0 saturated carbocycles. The van der Waals surface area contributed by atoms with E-state index in [1.54, 1.807) is 31.4 Å². The fraction of sp³-hybridized carbons (Fsp3) is 0.160. The summed E-state index contributed by atoms with van der Waals surface area (Å²) in [6.07, 6.45) is 1.41. The summed E-state index contributed by atoms with van der Waals surface area (Å²) >= 11 is 6.86. The van der Waals surface area contributed by atoms with E-state index in [1.807, 2.05) is 44.2 Å². The third-order valence-electron chi connectivity index (χ3n) is 4.91. The molecule has 0 heterocycles. The predicted octanol–water partition coefficient (Wildman–Crippen LogP) is 5.50. The fourth-order valence-electron chi connectivity index (χ4n) is 3.04. The van der Waals surface area contributed by atoms with Gasteiger partial charge in [0, 0.05) is 10.2 Å². The molecule has 176 valence electrons. The van der Waals surface area contributed by atoms with Gasteiger partial charge in [-0.05, 0) is 82.4 Å². The number of hydrazone groups is 1. The van der Waals surface area contributed by atoms with Crippen LogP contribution < -0.4 is 20.2 Å². The van der Waals surface area contributed by atoms with E-state index in [9.17, 15) is 9.59 Å². The molecule has 0 aliphatic carbocycles. The Morgan fingerprint density at radius 2 is 1.76 bits per heavy atom. The van der Waals surface area contributed by atoms with E-state index in [4.69, 9.17) is 9.47 Å². The summed E-state index contributed by atoms with van der Waals surface area (Å²) in [5, 5.41) is 6.44. The number of nitrogens with one attached hydrogen (secondary N) is 2. The summed E-state index contributed by atoms with van der Waals surface area (Å²) in [5.41, 5.74) is 6.43. The normalized spacial score (nSPS) is 10.7. The predicted molar refractivity (Wildman–Crippen MR) is 139 cm³/mol. The number of carbonyl (C=O) groups excluding carboxylic acids is 2. The van der Waals surface area contributed by atoms with Gasteiger partial charge in [0.25, 0.3) is 0 Å². The molecule has 2 N–H and O–H groups in total. The lowest BCUT2D eigenvalue weighted by Gasteiger charge is -2.14. The molecule has 9 heteroatoms. The highest BCUT2D eigenvalue weighted by Gasteiger charge is 2.15. The van der Waals surface area contributed by atoms with Crippen LogP contribution in [0.3, 0.4) is 0 Å². The first kappa shape index (κ1) is 25.5. The van der Waals surface area contributed by atoms with Crippen LogP contribution in [-0.2, 0) is 16.2 Å². The van der Waals surface area contributed by atoms with E-state index < -0.39 is 11.8 Å². The zero-order valence-corrected chi connectivity index (χ0v) is 22.0. The third-order valence-corrected chi connectivity index (χ3v) is 5.99. The van der Waals surface area contributed by atoms with Crippen LogP contribution >= 0.6 is 31.9 Å². The van der Waals surface area contributed by atoms with Crippen molar-refractivity contribution in [3.8, 4) is 11.5 Å². The first-order chi connectivity index (χ1) is 16.3. The first-order valence-corrected chi connectivity index (χ1v) is 11.8. The zero-order chi connectivity index (χ0) is 24.7. The molecular formula is C25H23Br2N3O4. The monoisotopic (exact) mass is 587 g/mol. The van der Waals surface area contributed by atoms with Crippen molar-refractivity contribution in [2.45, 2.75) is 20.5 Å². The molecule has 2 amide bonds. The Balaban J connectivity index is 1.63. The Morgan fingerprint density at radius 1 is 1.00 bits per heavy atom. The van der Waals surface area contributed by atoms with Gasteiger partial charge in [-0.25, -0.2) is 5.43 Å². The van der Waals surface area contributed by atoms with E-state index >= 15 is 0 Å². The fourth-order valence-corrected chi connectivity index (χ4v) is 4.09. The van der Waals surface area contributed by atoms with Crippen LogP contribution in [0.1, 0.15) is 22.3 Å². The summed E-state index contributed by atoms with van der Waals surface area (Å²) in [7, 11) is 1.54. The number of ether oxygens (including phenoxy) is 2. The van der Waals surface area contributed by atoms with Crippen LogP contribution in [0.5, 0.6) is 11.5 Å². The number of nitrogens with zero attached hydrogens (tertiary/aromatic N) is 1. The average Bonchev–Trinajstić information content (AvgIpc) is 2.80. The lowest BCUT2D eigenvalue weighted by atomic mass is 10.1. The second-order valence-electron chi connectivity index (χ2n) is 7.36. The highest BCUT2D eigenvalue weighted by molar-refractivity contribution is 9.10. The van der Waals surface area contributed by atoms with Crippen LogP contribution in [0.2, 0.25) is 0 Å². The quantitative estimate of drug-likeness (QED) is 0.216. The molecule has 0 fully saturated rings. The number of aryl methyl sites for hydroxylation is 2. The molecule has 7 nitrogen and oxygen atoms in total. The number of anilines is 1. The summed E-state index contributed by atoms with van der Waals surface area (Å²) in [4.78, 5) is 24.3. The van der Waals surface area contributed by atoms with Crippen molar-refractivity contribution < 1.29 is 19.1 Å². The maximum Gasteiger partial charge on any atom is 0.329 e. The number of rotatable bonds is 7. The first-order valence-electron chi connectivity index (χ1n) is 10.2. The van der Waals surface area contributed by atoms with Gasteiger partial charge in [-0.3, -0.25) is 9.59 Å². The molecular weight excluding hydrogens is 566 g/mol. The van der Waals surface area contributed by atoms with Crippen molar-refractivity contribution in [3.05, 3.63) is 85.8 Å². The van der Waals surface area contributed by atoms with Gasteiger partial charge in [0.15, 0.2) is 11.5 Å². The number of methoxy groups -OCH3 is 1. The summed E-state index contributed by atoms with van der Waals surface area (Å²) < 4.78 is 13.0. The van der Waals surface area contributed by atoms with Gasteiger partial charge in [-0.1, -0.05) is 40.2 Å². The van der Waals surface area contributed by atoms with Gasteiger partial charge in [0.2, 0.25) is 0 Å². The van der Waals surface area contributed by atoms with Gasteiger partial charge >= 0.3 is 11.8 Å². The van der Waals surface area contributed by atoms with Gasteiger partial charge in [-0.2, -0.15) is 5.10 Å². The molecule has 3 rings (SSSR count). The lowest BCUT2D eigenvalue weighted by molar-refractivity contribution is -0.136. The minimum atomic E-state index is -0.886. The largest absolute Gasteiger partial charge is 0.493 e. The van der Waals surface area contributed by atoms with E-state index in [0.717, 1.165) is 21.2 Å². The zero-order valence-electron chi connectivity index (χ0n) is 18.8. The maximum absolute atomic E-state index is 12.2. The van der Waals surface area contributed by atoms with Crippen molar-refractivity contribution in [1.82, 2.24) is 5.43 Å². The molecule has 0 unspecified atom stereocenters. The van der Waals surface area contributed by atoms with Gasteiger partial charge in [0.05, 0.1) is 17.8 Å². The summed E-state index contributed by atoms with van der Waals surface area (Å²) in [6, 6.07) is 16.8. The van der Waals surface area contributed by atoms with Crippen LogP contribution in [-0.4, -0.2) is 25.1 Å². The van der Waals surface area contributed by atoms with Gasteiger partial charge in [0.1, 0.15) is 6.61 Å². The smallest absolute Gasteiger partial charge is 0.329 e. The minimum Gasteiger partial charge on any atom is -0.493 e. The standard InChI is InChI=1S/C25H23Br2N3O4/c1-15-6-4-5-7-18(15)14-34-23-20(27)11-17(12-22(23)33-3)13-28-30-25(32)24(31)29-21-9-8-19(26)10-16(21)2/h4-13H,14H2,1-3H3,(H,29,31)(H,30,32). The molecule has 3 aromatic carbocycles. The van der Waals surface area contributed by atoms with Crippen molar-refractivity contribution in [1.29, 1.82) is 0 Å². The molecule has 0 aromatic heterocycles. The number of hydrogen-bond donors (Lipinski definition) is 2. The van der Waals surface area contributed by atoms with Crippen LogP contribution in [0.4, 0.5) is 5.69 Å². The molecule has 34 heavy (non-hydrogen) atoms. The Kier molecular flexibility index (Phi) is 8.84. The van der Waals surface area contributed by atoms with E-state index in [0.29, 0.717) is 33.8 Å². The maximum atomic E-state index is 12.2. The van der Waals surface area contributed by atoms with Gasteiger partial charge in [-0.15, -0.1) is 0 Å². The Labute approximate surface area is 214 Å². The summed E-state index contributed by atoms with van der Waals surface area (Å²) in [5.74, 6) is -0.653. The van der Waals surface area contributed by atoms with Gasteiger partial charge < -0.3 is 14.8 Å². The second-order valence-corrected chi connectivity index (χ2v) is 9.13. The number of carbonyl (C=O) groups is 2. The third kappa shape index (κ3) is 6.68. The number of hydrogen-bond acceptors (Lipinski definition) is 5. The molecule has 0 saturated heterocycles. The Hall–Kier alpha value is -3.17. The van der Waals surface area contributed by atoms with E-state index in [-0.39, 0.29) is 0 Å². The number of amides is 2. The minimum absolute atomic E-state index is 0.387. The van der Waals surface area contributed by atoms with Crippen LogP contribution in [0.25, 0.3) is 0 Å². The molecule has 3 aromatic rings. The van der Waals surface area contributed by atoms with E-state index in [2.05, 4.69) is 47.7 Å². The summed E-state index contributed by atoms with van der Waals surface area (Å²) in [6.45, 7) is 4.24. The van der Waals surface area contributed by atoms with Crippen molar-refractivity contribution in [2.24, 2.45) is 5.10 Å².